The summed E-state index contributed by atoms with van der Waals surface area (Å²) in [4.78, 5) is 22.7. The van der Waals surface area contributed by atoms with Crippen molar-refractivity contribution in [1.29, 1.82) is 0 Å². The van der Waals surface area contributed by atoms with Crippen LogP contribution in [0.15, 0.2) is 36.4 Å². The average Bonchev–Trinajstić information content (AvgIpc) is 3.06. The number of fused-ring (bicyclic) bond motifs is 1. The topological polar surface area (TPSA) is 64.4 Å². The van der Waals surface area contributed by atoms with Gasteiger partial charge in [0.25, 0.3) is 5.91 Å². The fraction of sp³-hybridized carbons (Fsp3) is 0.263. The van der Waals surface area contributed by atoms with Crippen molar-refractivity contribution in [2.75, 3.05) is 38.2 Å². The molecular weight excluding hydrogens is 367 g/mol. The highest BCUT2D eigenvalue weighted by atomic mass is 32.1. The smallest absolute Gasteiger partial charge is 0.256 e. The Morgan fingerprint density at radius 2 is 1.93 bits per heavy atom. The normalized spacial score (nSPS) is 14.6. The van der Waals surface area contributed by atoms with Crippen LogP contribution in [-0.4, -0.2) is 54.1 Å². The number of nitrogens with one attached hydrogen (secondary N) is 2. The first-order valence-corrected chi connectivity index (χ1v) is 9.06. The number of carbonyl (C=O) groups excluding carboxylic acids is 1. The van der Waals surface area contributed by atoms with E-state index in [-0.39, 0.29) is 5.91 Å². The summed E-state index contributed by atoms with van der Waals surface area (Å²) in [6.45, 7) is 2.50. The molecule has 4 rings (SSSR count). The summed E-state index contributed by atoms with van der Waals surface area (Å²) in [6, 6.07) is 10.4. The van der Waals surface area contributed by atoms with E-state index in [1.807, 2.05) is 24.3 Å². The molecule has 1 fully saturated rings. The maximum Gasteiger partial charge on any atom is 0.256 e. The van der Waals surface area contributed by atoms with Gasteiger partial charge in [0.05, 0.1) is 23.7 Å². The summed E-state index contributed by atoms with van der Waals surface area (Å²) in [5.74, 6) is 0.136. The second-order valence-electron chi connectivity index (χ2n) is 6.44. The van der Waals surface area contributed by atoms with Crippen LogP contribution in [0.3, 0.4) is 0 Å². The second kappa shape index (κ2) is 7.03. The summed E-state index contributed by atoms with van der Waals surface area (Å²) in [5, 5.41) is 0. The third kappa shape index (κ3) is 3.40. The lowest BCUT2D eigenvalue weighted by Crippen LogP contribution is -2.48. The lowest BCUT2D eigenvalue weighted by Gasteiger charge is -2.36. The Morgan fingerprint density at radius 3 is 2.67 bits per heavy atom. The molecule has 2 N–H and O–H groups in total. The van der Waals surface area contributed by atoms with Gasteiger partial charge in [-0.15, -0.1) is 0 Å². The molecule has 0 aliphatic carbocycles. The Labute approximate surface area is 160 Å². The molecule has 1 aliphatic heterocycles. The zero-order chi connectivity index (χ0) is 19.0. The number of anilines is 1. The molecule has 8 heteroatoms. The van der Waals surface area contributed by atoms with E-state index in [2.05, 4.69) is 14.9 Å². The molecule has 0 radical (unpaired) electrons. The molecular formula is C19H19FN4O2S. The van der Waals surface area contributed by atoms with Gasteiger partial charge in [-0.2, -0.15) is 0 Å². The highest BCUT2D eigenvalue weighted by Crippen LogP contribution is 2.24. The number of hydrogen-bond acceptors (Lipinski definition) is 4. The first kappa shape index (κ1) is 17.5. The number of hydrogen-bond donors (Lipinski definition) is 2. The number of aromatic nitrogens is 2. The van der Waals surface area contributed by atoms with Gasteiger partial charge in [-0.25, -0.2) is 4.39 Å². The van der Waals surface area contributed by atoms with E-state index in [1.54, 1.807) is 12.0 Å². The van der Waals surface area contributed by atoms with Crippen molar-refractivity contribution in [2.24, 2.45) is 0 Å². The molecule has 0 spiro atoms. The van der Waals surface area contributed by atoms with Crippen LogP contribution in [0.25, 0.3) is 11.0 Å². The van der Waals surface area contributed by atoms with E-state index < -0.39 is 5.82 Å². The number of halogens is 1. The van der Waals surface area contributed by atoms with Crippen molar-refractivity contribution in [2.45, 2.75) is 0 Å². The number of carbonyl (C=O) groups is 1. The predicted molar refractivity (Wildman–Crippen MR) is 105 cm³/mol. The lowest BCUT2D eigenvalue weighted by atomic mass is 10.1. The van der Waals surface area contributed by atoms with Gasteiger partial charge in [0.1, 0.15) is 11.6 Å². The Bertz CT molecular complexity index is 1050. The molecule has 1 aliphatic rings. The highest BCUT2D eigenvalue weighted by molar-refractivity contribution is 7.71. The van der Waals surface area contributed by atoms with Gasteiger partial charge in [-0.3, -0.25) is 4.79 Å². The van der Waals surface area contributed by atoms with Crippen molar-refractivity contribution in [3.8, 4) is 5.75 Å². The van der Waals surface area contributed by atoms with Crippen LogP contribution in [-0.2, 0) is 0 Å². The number of rotatable bonds is 3. The molecule has 27 heavy (non-hydrogen) atoms. The van der Waals surface area contributed by atoms with Gasteiger partial charge in [0, 0.05) is 37.9 Å². The van der Waals surface area contributed by atoms with E-state index in [1.165, 1.54) is 12.1 Å². The van der Waals surface area contributed by atoms with Crippen molar-refractivity contribution in [3.05, 3.63) is 52.5 Å². The Balaban J connectivity index is 1.53. The quantitative estimate of drug-likeness (QED) is 0.678. The third-order valence-electron chi connectivity index (χ3n) is 4.81. The number of piperazine rings is 1. The van der Waals surface area contributed by atoms with E-state index in [9.17, 15) is 9.18 Å². The summed E-state index contributed by atoms with van der Waals surface area (Å²) in [6.07, 6.45) is 0. The molecule has 2 aromatic carbocycles. The first-order valence-electron chi connectivity index (χ1n) is 8.65. The van der Waals surface area contributed by atoms with Gasteiger partial charge in [-0.1, -0.05) is 6.07 Å². The SMILES string of the molecule is COc1cccc(N2CCN(C(=O)c3cc(F)cc4[nH]c(=S)[nH]c34)CC2)c1. The zero-order valence-corrected chi connectivity index (χ0v) is 15.6. The Hall–Kier alpha value is -2.87. The third-order valence-corrected chi connectivity index (χ3v) is 5.01. The van der Waals surface area contributed by atoms with Crippen LogP contribution >= 0.6 is 12.2 Å². The number of amides is 1. The average molecular weight is 386 g/mol. The number of imidazole rings is 1. The van der Waals surface area contributed by atoms with Crippen molar-refractivity contribution in [1.82, 2.24) is 14.9 Å². The monoisotopic (exact) mass is 386 g/mol. The van der Waals surface area contributed by atoms with Crippen LogP contribution in [0.1, 0.15) is 10.4 Å². The number of methoxy groups -OCH3 is 1. The van der Waals surface area contributed by atoms with Crippen LogP contribution in [0.4, 0.5) is 10.1 Å². The van der Waals surface area contributed by atoms with Crippen molar-refractivity contribution >= 4 is 34.8 Å². The summed E-state index contributed by atoms with van der Waals surface area (Å²) in [7, 11) is 1.64. The number of H-pyrrole nitrogens is 2. The second-order valence-corrected chi connectivity index (χ2v) is 6.84. The molecule has 1 amide bonds. The minimum atomic E-state index is -0.467. The summed E-state index contributed by atoms with van der Waals surface area (Å²) in [5.41, 5.74) is 2.40. The van der Waals surface area contributed by atoms with Crippen LogP contribution in [0, 0.1) is 10.6 Å². The molecule has 0 atom stereocenters. The van der Waals surface area contributed by atoms with Crippen molar-refractivity contribution in [3.63, 3.8) is 0 Å². The Kier molecular flexibility index (Phi) is 4.57. The number of benzene rings is 2. The van der Waals surface area contributed by atoms with E-state index in [4.69, 9.17) is 17.0 Å². The first-order chi connectivity index (χ1) is 13.0. The predicted octanol–water partition coefficient (Wildman–Crippen LogP) is 3.34. The van der Waals surface area contributed by atoms with Gasteiger partial charge < -0.3 is 24.5 Å². The minimum absolute atomic E-state index is 0.199. The lowest BCUT2D eigenvalue weighted by molar-refractivity contribution is 0.0748. The van der Waals surface area contributed by atoms with Crippen molar-refractivity contribution < 1.29 is 13.9 Å². The van der Waals surface area contributed by atoms with E-state index in [0.717, 1.165) is 11.4 Å². The number of aromatic amines is 2. The Morgan fingerprint density at radius 1 is 1.15 bits per heavy atom. The maximum absolute atomic E-state index is 13.9. The summed E-state index contributed by atoms with van der Waals surface area (Å²) >= 11 is 5.07. The molecule has 140 valence electrons. The van der Waals surface area contributed by atoms with Crippen LogP contribution in [0.2, 0.25) is 0 Å². The van der Waals surface area contributed by atoms with Gasteiger partial charge in [0.2, 0.25) is 0 Å². The fourth-order valence-corrected chi connectivity index (χ4v) is 3.63. The standard InChI is InChI=1S/C19H19FN4O2S/c1-26-14-4-2-3-13(11-14)23-5-7-24(8-6-23)18(25)15-9-12(20)10-16-17(15)22-19(27)21-16/h2-4,9-11H,5-8H2,1H3,(H2,21,22,27). The summed E-state index contributed by atoms with van der Waals surface area (Å²) < 4.78 is 19.6. The zero-order valence-electron chi connectivity index (χ0n) is 14.8. The molecule has 3 aromatic rings. The molecule has 6 nitrogen and oxygen atoms in total. The van der Waals surface area contributed by atoms with E-state index >= 15 is 0 Å². The molecule has 0 unspecified atom stereocenters. The highest BCUT2D eigenvalue weighted by Gasteiger charge is 2.25. The molecule has 0 bridgehead atoms. The van der Waals surface area contributed by atoms with E-state index in [0.29, 0.717) is 47.5 Å². The molecule has 1 aromatic heterocycles. The number of nitrogens with zero attached hydrogens (tertiary/aromatic N) is 2. The molecule has 0 saturated carbocycles. The van der Waals surface area contributed by atoms with Crippen LogP contribution in [0.5, 0.6) is 5.75 Å². The molecule has 2 heterocycles. The van der Waals surface area contributed by atoms with Gasteiger partial charge in [0.15, 0.2) is 4.77 Å². The number of ether oxygens (including phenoxy) is 1. The van der Waals surface area contributed by atoms with Crippen LogP contribution < -0.4 is 9.64 Å². The fourth-order valence-electron chi connectivity index (χ4n) is 3.42. The largest absolute Gasteiger partial charge is 0.497 e. The minimum Gasteiger partial charge on any atom is -0.497 e. The molecule has 1 saturated heterocycles. The van der Waals surface area contributed by atoms with Gasteiger partial charge in [-0.05, 0) is 36.5 Å². The maximum atomic E-state index is 13.9. The van der Waals surface area contributed by atoms with Gasteiger partial charge >= 0.3 is 0 Å².